The molecule has 120 valence electrons. The van der Waals surface area contributed by atoms with E-state index in [0.717, 1.165) is 25.3 Å². The fourth-order valence-corrected chi connectivity index (χ4v) is 4.01. The molecule has 2 heterocycles. The van der Waals surface area contributed by atoms with Gasteiger partial charge in [0.1, 0.15) is 6.04 Å². The summed E-state index contributed by atoms with van der Waals surface area (Å²) >= 11 is 1.67. The van der Waals surface area contributed by atoms with E-state index in [-0.39, 0.29) is 29.3 Å². The van der Waals surface area contributed by atoms with E-state index >= 15 is 0 Å². The Morgan fingerprint density at radius 1 is 1.38 bits per heavy atom. The number of nitrogens with zero attached hydrogens (tertiary/aromatic N) is 2. The van der Waals surface area contributed by atoms with Crippen LogP contribution in [0.4, 0.5) is 0 Å². The molecule has 2 aliphatic heterocycles. The molecule has 0 aliphatic carbocycles. The average molecular weight is 313 g/mol. The van der Waals surface area contributed by atoms with E-state index < -0.39 is 0 Å². The highest BCUT2D eigenvalue weighted by Gasteiger charge is 2.38. The monoisotopic (exact) mass is 313 g/mol. The largest absolute Gasteiger partial charge is 0.340 e. The Kier molecular flexibility index (Phi) is 5.20. The number of thioether (sulfide) groups is 1. The minimum atomic E-state index is -0.282. The zero-order valence-electron chi connectivity index (χ0n) is 13.5. The van der Waals surface area contributed by atoms with E-state index in [4.69, 9.17) is 0 Å². The van der Waals surface area contributed by atoms with Gasteiger partial charge in [-0.3, -0.25) is 9.59 Å². The van der Waals surface area contributed by atoms with Crippen molar-refractivity contribution in [2.45, 2.75) is 45.7 Å². The molecular formula is C15H27N3O2S. The van der Waals surface area contributed by atoms with Crippen molar-refractivity contribution in [1.82, 2.24) is 15.1 Å². The van der Waals surface area contributed by atoms with Gasteiger partial charge in [-0.25, -0.2) is 0 Å². The summed E-state index contributed by atoms with van der Waals surface area (Å²) in [7, 11) is 1.87. The number of amides is 2. The SMILES string of the molecule is CN(C(=O)C1CSCN1C(=O)CC(C)(C)C)C1CCNC1. The molecule has 0 bridgehead atoms. The lowest BCUT2D eigenvalue weighted by Gasteiger charge is -2.31. The van der Waals surface area contributed by atoms with E-state index in [2.05, 4.69) is 26.1 Å². The molecule has 0 radical (unpaired) electrons. The Bertz CT molecular complexity index is 402. The smallest absolute Gasteiger partial charge is 0.246 e. The van der Waals surface area contributed by atoms with Crippen molar-refractivity contribution < 1.29 is 9.59 Å². The molecule has 1 N–H and O–H groups in total. The van der Waals surface area contributed by atoms with Crippen LogP contribution in [0.25, 0.3) is 0 Å². The normalized spacial score (nSPS) is 26.2. The van der Waals surface area contributed by atoms with Crippen LogP contribution in [0.5, 0.6) is 0 Å². The Labute approximate surface area is 131 Å². The van der Waals surface area contributed by atoms with Crippen molar-refractivity contribution in [1.29, 1.82) is 0 Å². The molecule has 6 heteroatoms. The first-order valence-corrected chi connectivity index (χ1v) is 8.79. The number of hydrogen-bond donors (Lipinski definition) is 1. The maximum atomic E-state index is 12.7. The zero-order valence-corrected chi connectivity index (χ0v) is 14.3. The third kappa shape index (κ3) is 4.13. The van der Waals surface area contributed by atoms with Crippen LogP contribution in [0, 0.1) is 5.41 Å². The van der Waals surface area contributed by atoms with Crippen molar-refractivity contribution in [3.05, 3.63) is 0 Å². The predicted octanol–water partition coefficient (Wildman–Crippen LogP) is 1.14. The fourth-order valence-electron chi connectivity index (χ4n) is 2.83. The summed E-state index contributed by atoms with van der Waals surface area (Å²) in [5.41, 5.74) is -0.0424. The van der Waals surface area contributed by atoms with Gasteiger partial charge in [-0.15, -0.1) is 11.8 Å². The Morgan fingerprint density at radius 3 is 2.67 bits per heavy atom. The minimum absolute atomic E-state index is 0.0424. The first-order chi connectivity index (χ1) is 9.79. The standard InChI is InChI=1S/C15H27N3O2S/c1-15(2,3)7-13(19)18-10-21-9-12(18)14(20)17(4)11-5-6-16-8-11/h11-12,16H,5-10H2,1-4H3. The molecule has 2 atom stereocenters. The zero-order chi connectivity index (χ0) is 15.6. The van der Waals surface area contributed by atoms with Gasteiger partial charge in [-0.1, -0.05) is 20.8 Å². The van der Waals surface area contributed by atoms with Gasteiger partial charge in [0.05, 0.1) is 5.88 Å². The molecule has 5 nitrogen and oxygen atoms in total. The molecule has 2 saturated heterocycles. The molecule has 2 aliphatic rings. The van der Waals surface area contributed by atoms with Crippen LogP contribution in [-0.2, 0) is 9.59 Å². The predicted molar refractivity (Wildman–Crippen MR) is 86.1 cm³/mol. The second kappa shape index (κ2) is 6.57. The van der Waals surface area contributed by atoms with E-state index in [0.29, 0.717) is 12.3 Å². The molecule has 0 saturated carbocycles. The fraction of sp³-hybridized carbons (Fsp3) is 0.867. The second-order valence-corrected chi connectivity index (χ2v) is 8.21. The second-order valence-electron chi connectivity index (χ2n) is 7.21. The lowest BCUT2D eigenvalue weighted by atomic mass is 9.91. The van der Waals surface area contributed by atoms with Crippen molar-refractivity contribution in [3.63, 3.8) is 0 Å². The van der Waals surface area contributed by atoms with E-state index in [1.54, 1.807) is 16.7 Å². The summed E-state index contributed by atoms with van der Waals surface area (Å²) in [4.78, 5) is 28.8. The minimum Gasteiger partial charge on any atom is -0.340 e. The molecule has 2 rings (SSSR count). The van der Waals surface area contributed by atoms with Gasteiger partial charge in [0.15, 0.2) is 0 Å². The van der Waals surface area contributed by atoms with Gasteiger partial charge >= 0.3 is 0 Å². The van der Waals surface area contributed by atoms with Crippen LogP contribution < -0.4 is 5.32 Å². The lowest BCUT2D eigenvalue weighted by molar-refractivity contribution is -0.144. The summed E-state index contributed by atoms with van der Waals surface area (Å²) in [6.45, 7) is 8.00. The highest BCUT2D eigenvalue weighted by atomic mass is 32.2. The van der Waals surface area contributed by atoms with Gasteiger partial charge in [0.25, 0.3) is 0 Å². The summed E-state index contributed by atoms with van der Waals surface area (Å²) < 4.78 is 0. The van der Waals surface area contributed by atoms with Crippen LogP contribution in [0.15, 0.2) is 0 Å². The number of carbonyl (C=O) groups is 2. The maximum absolute atomic E-state index is 12.7. The summed E-state index contributed by atoms with van der Waals surface area (Å²) in [6.07, 6.45) is 1.49. The molecule has 2 fully saturated rings. The molecule has 0 aromatic rings. The van der Waals surface area contributed by atoms with Crippen LogP contribution in [0.2, 0.25) is 0 Å². The van der Waals surface area contributed by atoms with Gasteiger partial charge in [-0.2, -0.15) is 0 Å². The number of rotatable bonds is 3. The Hall–Kier alpha value is -0.750. The topological polar surface area (TPSA) is 52.7 Å². The summed E-state index contributed by atoms with van der Waals surface area (Å²) in [5.74, 6) is 1.56. The van der Waals surface area contributed by atoms with E-state index in [9.17, 15) is 9.59 Å². The summed E-state index contributed by atoms with van der Waals surface area (Å²) in [6, 6.07) is -0.0156. The first-order valence-electron chi connectivity index (χ1n) is 7.64. The number of nitrogens with one attached hydrogen (secondary N) is 1. The molecule has 0 aromatic heterocycles. The number of hydrogen-bond acceptors (Lipinski definition) is 4. The van der Waals surface area contributed by atoms with Gasteiger partial charge in [0, 0.05) is 31.8 Å². The van der Waals surface area contributed by atoms with Crippen molar-refractivity contribution in [2.75, 3.05) is 31.8 Å². The summed E-state index contributed by atoms with van der Waals surface area (Å²) in [5, 5.41) is 3.28. The lowest BCUT2D eigenvalue weighted by Crippen LogP contribution is -2.51. The van der Waals surface area contributed by atoms with Gasteiger partial charge in [-0.05, 0) is 18.4 Å². The quantitative estimate of drug-likeness (QED) is 0.849. The van der Waals surface area contributed by atoms with E-state index in [1.807, 2.05) is 11.9 Å². The third-order valence-corrected chi connectivity index (χ3v) is 5.11. The van der Waals surface area contributed by atoms with E-state index in [1.165, 1.54) is 0 Å². The molecule has 0 spiro atoms. The number of carbonyl (C=O) groups excluding carboxylic acids is 2. The van der Waals surface area contributed by atoms with Crippen molar-refractivity contribution >= 4 is 23.6 Å². The molecule has 2 unspecified atom stereocenters. The molecular weight excluding hydrogens is 286 g/mol. The Morgan fingerprint density at radius 2 is 2.10 bits per heavy atom. The number of likely N-dealkylation sites (N-methyl/N-ethyl adjacent to an activating group) is 1. The molecule has 21 heavy (non-hydrogen) atoms. The highest BCUT2D eigenvalue weighted by molar-refractivity contribution is 7.99. The molecule has 0 aromatic carbocycles. The first kappa shape index (κ1) is 16.6. The van der Waals surface area contributed by atoms with Crippen LogP contribution in [0.1, 0.15) is 33.6 Å². The Balaban J connectivity index is 2.00. The van der Waals surface area contributed by atoms with Gasteiger partial charge < -0.3 is 15.1 Å². The third-order valence-electron chi connectivity index (χ3n) is 4.10. The maximum Gasteiger partial charge on any atom is 0.246 e. The van der Waals surface area contributed by atoms with Crippen LogP contribution >= 0.6 is 11.8 Å². The van der Waals surface area contributed by atoms with Gasteiger partial charge in [0.2, 0.25) is 11.8 Å². The highest BCUT2D eigenvalue weighted by Crippen LogP contribution is 2.27. The van der Waals surface area contributed by atoms with Crippen LogP contribution in [0.3, 0.4) is 0 Å². The van der Waals surface area contributed by atoms with Crippen LogP contribution in [-0.4, -0.2) is 65.5 Å². The van der Waals surface area contributed by atoms with Crippen molar-refractivity contribution in [2.24, 2.45) is 5.41 Å². The average Bonchev–Trinajstić information content (AvgIpc) is 3.05. The molecule has 2 amide bonds. The van der Waals surface area contributed by atoms with Crippen molar-refractivity contribution in [3.8, 4) is 0 Å².